The van der Waals surface area contributed by atoms with Gasteiger partial charge in [-0.1, -0.05) is 54.8 Å². The van der Waals surface area contributed by atoms with E-state index in [-0.39, 0.29) is 18.6 Å². The first-order chi connectivity index (χ1) is 10.1. The van der Waals surface area contributed by atoms with Crippen molar-refractivity contribution in [2.24, 2.45) is 11.1 Å². The maximum atomic E-state index is 11.8. The lowest BCUT2D eigenvalue weighted by molar-refractivity contribution is -0.126. The Morgan fingerprint density at radius 2 is 2.05 bits per heavy atom. The summed E-state index contributed by atoms with van der Waals surface area (Å²) >= 11 is 0. The van der Waals surface area contributed by atoms with Gasteiger partial charge in [-0.3, -0.25) is 4.79 Å². The third kappa shape index (κ3) is 5.21. The fourth-order valence-corrected chi connectivity index (χ4v) is 2.63. The van der Waals surface area contributed by atoms with Crippen molar-refractivity contribution in [2.75, 3.05) is 6.61 Å². The molecule has 0 bridgehead atoms. The SMILES string of the molecule is Cc1ccc(/C=N\OCC(=O)N[C@H]2CCCC[C@H]2C)cc1. The van der Waals surface area contributed by atoms with Gasteiger partial charge in [0.2, 0.25) is 0 Å². The molecule has 4 heteroatoms. The summed E-state index contributed by atoms with van der Waals surface area (Å²) in [6.07, 6.45) is 6.35. The van der Waals surface area contributed by atoms with Gasteiger partial charge in [-0.15, -0.1) is 0 Å². The molecule has 1 aliphatic carbocycles. The molecule has 0 spiro atoms. The quantitative estimate of drug-likeness (QED) is 0.669. The Morgan fingerprint density at radius 1 is 1.33 bits per heavy atom. The summed E-state index contributed by atoms with van der Waals surface area (Å²) in [7, 11) is 0. The van der Waals surface area contributed by atoms with Crippen LogP contribution < -0.4 is 5.32 Å². The molecule has 1 N–H and O–H groups in total. The zero-order valence-electron chi connectivity index (χ0n) is 12.8. The van der Waals surface area contributed by atoms with E-state index >= 15 is 0 Å². The highest BCUT2D eigenvalue weighted by Crippen LogP contribution is 2.23. The number of hydrogen-bond acceptors (Lipinski definition) is 3. The Kier molecular flexibility index (Phi) is 5.78. The highest BCUT2D eigenvalue weighted by atomic mass is 16.6. The van der Waals surface area contributed by atoms with Crippen molar-refractivity contribution in [3.8, 4) is 0 Å². The number of rotatable bonds is 5. The minimum absolute atomic E-state index is 0.0222. The molecule has 1 saturated carbocycles. The van der Waals surface area contributed by atoms with Crippen molar-refractivity contribution >= 4 is 12.1 Å². The van der Waals surface area contributed by atoms with E-state index in [1.165, 1.54) is 24.8 Å². The van der Waals surface area contributed by atoms with E-state index in [0.29, 0.717) is 5.92 Å². The highest BCUT2D eigenvalue weighted by molar-refractivity contribution is 5.80. The monoisotopic (exact) mass is 288 g/mol. The molecular weight excluding hydrogens is 264 g/mol. The van der Waals surface area contributed by atoms with Crippen LogP contribution in [0.5, 0.6) is 0 Å². The fourth-order valence-electron chi connectivity index (χ4n) is 2.63. The zero-order valence-corrected chi connectivity index (χ0v) is 12.8. The van der Waals surface area contributed by atoms with E-state index in [9.17, 15) is 4.79 Å². The van der Waals surface area contributed by atoms with Crippen molar-refractivity contribution < 1.29 is 9.63 Å². The lowest BCUT2D eigenvalue weighted by Crippen LogP contribution is -2.42. The average Bonchev–Trinajstić information content (AvgIpc) is 2.48. The standard InChI is InChI=1S/C17H24N2O2/c1-13-7-9-15(10-8-13)11-18-21-12-17(20)19-16-6-4-3-5-14(16)2/h7-11,14,16H,3-6,12H2,1-2H3,(H,19,20)/b18-11-/t14-,16+/m1/s1. The highest BCUT2D eigenvalue weighted by Gasteiger charge is 2.22. The summed E-state index contributed by atoms with van der Waals surface area (Å²) in [5, 5.41) is 6.87. The van der Waals surface area contributed by atoms with Crippen LogP contribution in [0.2, 0.25) is 0 Å². The van der Waals surface area contributed by atoms with E-state index < -0.39 is 0 Å². The average molecular weight is 288 g/mol. The maximum Gasteiger partial charge on any atom is 0.261 e. The first-order valence-corrected chi connectivity index (χ1v) is 7.66. The number of nitrogens with zero attached hydrogens (tertiary/aromatic N) is 1. The predicted molar refractivity (Wildman–Crippen MR) is 84.3 cm³/mol. The minimum atomic E-state index is -0.0881. The summed E-state index contributed by atoms with van der Waals surface area (Å²) in [5.74, 6) is 0.466. The van der Waals surface area contributed by atoms with Gasteiger partial charge in [-0.2, -0.15) is 0 Å². The van der Waals surface area contributed by atoms with Gasteiger partial charge in [0.25, 0.3) is 5.91 Å². The number of nitrogens with one attached hydrogen (secondary N) is 1. The summed E-state index contributed by atoms with van der Waals surface area (Å²) in [5.41, 5.74) is 2.16. The Labute approximate surface area is 126 Å². The van der Waals surface area contributed by atoms with Crippen molar-refractivity contribution in [3.63, 3.8) is 0 Å². The van der Waals surface area contributed by atoms with Gasteiger partial charge < -0.3 is 10.2 Å². The number of aryl methyl sites for hydroxylation is 1. The Balaban J connectivity index is 1.70. The van der Waals surface area contributed by atoms with Crippen LogP contribution in [0.3, 0.4) is 0 Å². The van der Waals surface area contributed by atoms with Gasteiger partial charge in [0.15, 0.2) is 6.61 Å². The molecule has 1 aromatic carbocycles. The normalized spacial score (nSPS) is 22.2. The topological polar surface area (TPSA) is 50.7 Å². The Bertz CT molecular complexity index is 482. The van der Waals surface area contributed by atoms with Gasteiger partial charge in [0.1, 0.15) is 0 Å². The van der Waals surface area contributed by atoms with Crippen LogP contribution in [0, 0.1) is 12.8 Å². The van der Waals surface area contributed by atoms with Crippen molar-refractivity contribution in [3.05, 3.63) is 35.4 Å². The van der Waals surface area contributed by atoms with Crippen molar-refractivity contribution in [1.82, 2.24) is 5.32 Å². The van der Waals surface area contributed by atoms with Gasteiger partial charge in [-0.25, -0.2) is 0 Å². The van der Waals surface area contributed by atoms with Crippen LogP contribution in [-0.2, 0) is 9.63 Å². The minimum Gasteiger partial charge on any atom is -0.386 e. The lowest BCUT2D eigenvalue weighted by Gasteiger charge is -2.29. The Hall–Kier alpha value is -1.84. The van der Waals surface area contributed by atoms with Crippen LogP contribution in [0.25, 0.3) is 0 Å². The van der Waals surface area contributed by atoms with Crippen LogP contribution in [-0.4, -0.2) is 24.8 Å². The largest absolute Gasteiger partial charge is 0.386 e. The number of amides is 1. The molecule has 4 nitrogen and oxygen atoms in total. The van der Waals surface area contributed by atoms with Crippen LogP contribution in [0.1, 0.15) is 43.7 Å². The van der Waals surface area contributed by atoms with Crippen molar-refractivity contribution in [2.45, 2.75) is 45.6 Å². The number of carbonyl (C=O) groups excluding carboxylic acids is 1. The zero-order chi connectivity index (χ0) is 15.1. The summed E-state index contributed by atoms with van der Waals surface area (Å²) < 4.78 is 0. The summed E-state index contributed by atoms with van der Waals surface area (Å²) in [6.45, 7) is 4.21. The molecule has 0 unspecified atom stereocenters. The first-order valence-electron chi connectivity index (χ1n) is 7.66. The summed E-state index contributed by atoms with van der Waals surface area (Å²) in [4.78, 5) is 16.9. The second-order valence-corrected chi connectivity index (χ2v) is 5.85. The van der Waals surface area contributed by atoms with E-state index in [1.54, 1.807) is 6.21 Å². The van der Waals surface area contributed by atoms with Gasteiger partial charge in [0, 0.05) is 6.04 Å². The van der Waals surface area contributed by atoms with Gasteiger partial charge in [-0.05, 0) is 31.2 Å². The van der Waals surface area contributed by atoms with E-state index in [0.717, 1.165) is 12.0 Å². The van der Waals surface area contributed by atoms with E-state index in [2.05, 4.69) is 17.4 Å². The predicted octanol–water partition coefficient (Wildman–Crippen LogP) is 3.04. The molecule has 0 heterocycles. The van der Waals surface area contributed by atoms with Gasteiger partial charge in [0.05, 0.1) is 6.21 Å². The van der Waals surface area contributed by atoms with E-state index in [4.69, 9.17) is 4.84 Å². The van der Waals surface area contributed by atoms with E-state index in [1.807, 2.05) is 31.2 Å². The molecule has 1 fully saturated rings. The van der Waals surface area contributed by atoms with Gasteiger partial charge >= 0.3 is 0 Å². The first kappa shape index (κ1) is 15.5. The van der Waals surface area contributed by atoms with Crippen LogP contribution in [0.4, 0.5) is 0 Å². The van der Waals surface area contributed by atoms with Crippen LogP contribution >= 0.6 is 0 Å². The molecule has 1 aromatic rings. The molecule has 114 valence electrons. The lowest BCUT2D eigenvalue weighted by atomic mass is 9.86. The molecule has 1 aliphatic rings. The fraction of sp³-hybridized carbons (Fsp3) is 0.529. The third-order valence-corrected chi connectivity index (χ3v) is 4.01. The second kappa shape index (κ2) is 7.81. The maximum absolute atomic E-state index is 11.8. The summed E-state index contributed by atoms with van der Waals surface area (Å²) in [6, 6.07) is 8.24. The molecule has 0 aromatic heterocycles. The molecule has 21 heavy (non-hydrogen) atoms. The molecular formula is C17H24N2O2. The number of hydrogen-bond donors (Lipinski definition) is 1. The van der Waals surface area contributed by atoms with Crippen LogP contribution in [0.15, 0.2) is 29.4 Å². The molecule has 1 amide bonds. The second-order valence-electron chi connectivity index (χ2n) is 5.85. The molecule has 2 atom stereocenters. The number of oxime groups is 1. The van der Waals surface area contributed by atoms with Crippen molar-refractivity contribution in [1.29, 1.82) is 0 Å². The molecule has 0 aliphatic heterocycles. The number of benzene rings is 1. The molecule has 0 saturated heterocycles. The number of carbonyl (C=O) groups is 1. The molecule has 0 radical (unpaired) electrons. The Morgan fingerprint density at radius 3 is 2.76 bits per heavy atom. The smallest absolute Gasteiger partial charge is 0.261 e. The third-order valence-electron chi connectivity index (χ3n) is 4.01. The molecule has 2 rings (SSSR count).